The molecule has 1 aliphatic carbocycles. The maximum Gasteiger partial charge on any atom is 0.313 e. The lowest BCUT2D eigenvalue weighted by Crippen LogP contribution is -2.41. The predicted octanol–water partition coefficient (Wildman–Crippen LogP) is 3.45. The van der Waals surface area contributed by atoms with Gasteiger partial charge < -0.3 is 15.5 Å². The van der Waals surface area contributed by atoms with Gasteiger partial charge in [0.05, 0.1) is 0 Å². The lowest BCUT2D eigenvalue weighted by atomic mass is 10.1. The molecule has 2 aliphatic rings. The molecule has 136 valence electrons. The van der Waals surface area contributed by atoms with E-state index in [0.717, 1.165) is 38.8 Å². The third-order valence-corrected chi connectivity index (χ3v) is 5.24. The zero-order valence-corrected chi connectivity index (χ0v) is 14.9. The van der Waals surface area contributed by atoms with E-state index in [2.05, 4.69) is 15.5 Å². The van der Waals surface area contributed by atoms with E-state index in [9.17, 15) is 9.59 Å². The molecule has 0 bridgehead atoms. The van der Waals surface area contributed by atoms with Crippen LogP contribution in [0.25, 0.3) is 0 Å². The number of hydrogen-bond acceptors (Lipinski definition) is 3. The van der Waals surface area contributed by atoms with E-state index in [1.54, 1.807) is 0 Å². The Kier molecular flexibility index (Phi) is 6.31. The van der Waals surface area contributed by atoms with Crippen molar-refractivity contribution in [3.05, 3.63) is 24.3 Å². The first kappa shape index (κ1) is 17.8. The number of anilines is 2. The van der Waals surface area contributed by atoms with Crippen LogP contribution >= 0.6 is 0 Å². The Labute approximate surface area is 150 Å². The summed E-state index contributed by atoms with van der Waals surface area (Å²) >= 11 is 0. The van der Waals surface area contributed by atoms with E-state index >= 15 is 0 Å². The molecule has 2 fully saturated rings. The molecule has 0 spiro atoms. The highest BCUT2D eigenvalue weighted by Crippen LogP contribution is 2.22. The molecule has 0 radical (unpaired) electrons. The smallest absolute Gasteiger partial charge is 0.313 e. The van der Waals surface area contributed by atoms with Gasteiger partial charge in [-0.25, -0.2) is 0 Å². The van der Waals surface area contributed by atoms with Crippen molar-refractivity contribution in [2.75, 3.05) is 23.3 Å². The van der Waals surface area contributed by atoms with Gasteiger partial charge in [-0.3, -0.25) is 9.59 Å². The van der Waals surface area contributed by atoms with Crippen molar-refractivity contribution in [3.63, 3.8) is 0 Å². The van der Waals surface area contributed by atoms with E-state index in [0.29, 0.717) is 5.69 Å². The maximum atomic E-state index is 12.1. The summed E-state index contributed by atoms with van der Waals surface area (Å²) in [7, 11) is 0. The molecule has 1 aliphatic heterocycles. The van der Waals surface area contributed by atoms with E-state index in [-0.39, 0.29) is 6.04 Å². The molecule has 2 amide bonds. The molecule has 1 heterocycles. The highest BCUT2D eigenvalue weighted by Gasteiger charge is 2.20. The molecule has 25 heavy (non-hydrogen) atoms. The highest BCUT2D eigenvalue weighted by molar-refractivity contribution is 6.39. The Balaban J connectivity index is 1.50. The summed E-state index contributed by atoms with van der Waals surface area (Å²) in [6.07, 6.45) is 10.4. The van der Waals surface area contributed by atoms with Crippen molar-refractivity contribution in [3.8, 4) is 0 Å². The Bertz CT molecular complexity index is 571. The van der Waals surface area contributed by atoms with Crippen LogP contribution in [0.15, 0.2) is 24.3 Å². The minimum absolute atomic E-state index is 0.141. The molecular weight excluding hydrogens is 314 g/mol. The minimum Gasteiger partial charge on any atom is -0.372 e. The van der Waals surface area contributed by atoms with Crippen LogP contribution in [0.4, 0.5) is 11.4 Å². The van der Waals surface area contributed by atoms with E-state index in [1.807, 2.05) is 24.3 Å². The van der Waals surface area contributed by atoms with E-state index in [4.69, 9.17) is 0 Å². The fraction of sp³-hybridized carbons (Fsp3) is 0.600. The van der Waals surface area contributed by atoms with Crippen LogP contribution in [0.3, 0.4) is 0 Å². The normalized spacial score (nSPS) is 19.1. The van der Waals surface area contributed by atoms with Gasteiger partial charge in [-0.2, -0.15) is 0 Å². The van der Waals surface area contributed by atoms with Crippen LogP contribution < -0.4 is 15.5 Å². The molecule has 0 aromatic heterocycles. The van der Waals surface area contributed by atoms with Crippen molar-refractivity contribution in [1.82, 2.24) is 5.32 Å². The molecule has 2 N–H and O–H groups in total. The van der Waals surface area contributed by atoms with Crippen molar-refractivity contribution in [2.45, 2.75) is 63.8 Å². The molecule has 3 rings (SSSR count). The summed E-state index contributed by atoms with van der Waals surface area (Å²) in [6.45, 7) is 2.19. The average Bonchev–Trinajstić information content (AvgIpc) is 2.92. The fourth-order valence-corrected chi connectivity index (χ4v) is 3.77. The second-order valence-corrected chi connectivity index (χ2v) is 7.21. The lowest BCUT2D eigenvalue weighted by molar-refractivity contribution is -0.136. The van der Waals surface area contributed by atoms with Gasteiger partial charge >= 0.3 is 11.8 Å². The Morgan fingerprint density at radius 3 is 2.04 bits per heavy atom. The van der Waals surface area contributed by atoms with Crippen molar-refractivity contribution < 1.29 is 9.59 Å². The molecule has 1 saturated carbocycles. The number of nitrogens with zero attached hydrogens (tertiary/aromatic N) is 1. The van der Waals surface area contributed by atoms with Crippen LogP contribution in [0.5, 0.6) is 0 Å². The van der Waals surface area contributed by atoms with Crippen LogP contribution in [0.1, 0.15) is 57.8 Å². The van der Waals surface area contributed by atoms with Crippen molar-refractivity contribution in [2.24, 2.45) is 0 Å². The summed E-state index contributed by atoms with van der Waals surface area (Å²) in [4.78, 5) is 26.6. The molecule has 5 heteroatoms. The SMILES string of the molecule is O=C(Nc1ccc(N2CCCCC2)cc1)C(=O)NC1CCCCCC1. The van der Waals surface area contributed by atoms with E-state index < -0.39 is 11.8 Å². The quantitative estimate of drug-likeness (QED) is 0.653. The predicted molar refractivity (Wildman–Crippen MR) is 101 cm³/mol. The third-order valence-electron chi connectivity index (χ3n) is 5.24. The summed E-state index contributed by atoms with van der Waals surface area (Å²) < 4.78 is 0. The average molecular weight is 343 g/mol. The van der Waals surface area contributed by atoms with Crippen LogP contribution in [0.2, 0.25) is 0 Å². The van der Waals surface area contributed by atoms with E-state index in [1.165, 1.54) is 37.8 Å². The highest BCUT2D eigenvalue weighted by atomic mass is 16.2. The molecular formula is C20H29N3O2. The van der Waals surface area contributed by atoms with Crippen LogP contribution in [-0.4, -0.2) is 30.9 Å². The van der Waals surface area contributed by atoms with Crippen LogP contribution in [-0.2, 0) is 9.59 Å². The molecule has 5 nitrogen and oxygen atoms in total. The van der Waals surface area contributed by atoms with Crippen molar-refractivity contribution >= 4 is 23.2 Å². The summed E-state index contributed by atoms with van der Waals surface area (Å²) in [5.74, 6) is -1.10. The number of hydrogen-bond donors (Lipinski definition) is 2. The zero-order chi connectivity index (χ0) is 17.5. The number of amides is 2. The van der Waals surface area contributed by atoms with Crippen LogP contribution in [0, 0.1) is 0 Å². The summed E-state index contributed by atoms with van der Waals surface area (Å²) in [6, 6.07) is 7.93. The zero-order valence-electron chi connectivity index (χ0n) is 14.9. The monoisotopic (exact) mass is 343 g/mol. The topological polar surface area (TPSA) is 61.4 Å². The standard InChI is InChI=1S/C20H29N3O2/c24-19(21-16-8-4-1-2-5-9-16)20(25)22-17-10-12-18(13-11-17)23-14-6-3-7-15-23/h10-13,16H,1-9,14-15H2,(H,21,24)(H,22,25). The Morgan fingerprint density at radius 1 is 0.800 bits per heavy atom. The fourth-order valence-electron chi connectivity index (χ4n) is 3.77. The third kappa shape index (κ3) is 5.21. The van der Waals surface area contributed by atoms with Gasteiger partial charge in [-0.1, -0.05) is 25.7 Å². The number of benzene rings is 1. The maximum absolute atomic E-state index is 12.1. The molecule has 1 aromatic rings. The van der Waals surface area contributed by atoms with Gasteiger partial charge in [0, 0.05) is 30.5 Å². The van der Waals surface area contributed by atoms with Gasteiger partial charge in [0.2, 0.25) is 0 Å². The van der Waals surface area contributed by atoms with Gasteiger partial charge in [-0.15, -0.1) is 0 Å². The van der Waals surface area contributed by atoms with Gasteiger partial charge in [0.15, 0.2) is 0 Å². The van der Waals surface area contributed by atoms with Crippen molar-refractivity contribution in [1.29, 1.82) is 0 Å². The molecule has 1 saturated heterocycles. The number of rotatable bonds is 3. The first-order chi connectivity index (χ1) is 12.2. The second kappa shape index (κ2) is 8.88. The number of piperidine rings is 1. The largest absolute Gasteiger partial charge is 0.372 e. The number of nitrogens with one attached hydrogen (secondary N) is 2. The second-order valence-electron chi connectivity index (χ2n) is 7.21. The van der Waals surface area contributed by atoms with Gasteiger partial charge in [-0.05, 0) is 56.4 Å². The lowest BCUT2D eigenvalue weighted by Gasteiger charge is -2.28. The first-order valence-corrected chi connectivity index (χ1v) is 9.69. The minimum atomic E-state index is -0.574. The Morgan fingerprint density at radius 2 is 1.40 bits per heavy atom. The number of carbonyl (C=O) groups excluding carboxylic acids is 2. The molecule has 1 aromatic carbocycles. The van der Waals surface area contributed by atoms with Gasteiger partial charge in [0.1, 0.15) is 0 Å². The molecule has 0 atom stereocenters. The Hall–Kier alpha value is -2.04. The summed E-state index contributed by atoms with van der Waals surface area (Å²) in [5, 5.41) is 5.59. The number of carbonyl (C=O) groups is 2. The molecule has 0 unspecified atom stereocenters. The van der Waals surface area contributed by atoms with Gasteiger partial charge in [0.25, 0.3) is 0 Å². The summed E-state index contributed by atoms with van der Waals surface area (Å²) in [5.41, 5.74) is 1.85. The first-order valence-electron chi connectivity index (χ1n) is 9.69.